The molecule has 3 N–H and O–H groups in total. The first kappa shape index (κ1) is 11.0. The number of anilines is 2. The van der Waals surface area contributed by atoms with Crippen molar-refractivity contribution in [3.8, 4) is 0 Å². The second-order valence-electron chi connectivity index (χ2n) is 4.02. The number of rotatable bonds is 2. The van der Waals surface area contributed by atoms with Gasteiger partial charge in [0.25, 0.3) is 0 Å². The zero-order chi connectivity index (χ0) is 11.7. The van der Waals surface area contributed by atoms with Crippen molar-refractivity contribution in [2.45, 2.75) is 19.9 Å². The van der Waals surface area contributed by atoms with Gasteiger partial charge < -0.3 is 11.1 Å². The van der Waals surface area contributed by atoms with Crippen molar-refractivity contribution in [1.82, 2.24) is 4.98 Å². The van der Waals surface area contributed by atoms with Crippen LogP contribution >= 0.6 is 11.6 Å². The summed E-state index contributed by atoms with van der Waals surface area (Å²) in [4.78, 5) is 4.30. The van der Waals surface area contributed by atoms with Crippen LogP contribution in [0.15, 0.2) is 24.4 Å². The summed E-state index contributed by atoms with van der Waals surface area (Å²) >= 11 is 6.18. The molecular weight excluding hydrogens is 222 g/mol. The highest BCUT2D eigenvalue weighted by molar-refractivity contribution is 6.37. The molecule has 2 aromatic rings. The maximum Gasteiger partial charge on any atom is 0.135 e. The fourth-order valence-electron chi connectivity index (χ4n) is 1.66. The number of aromatic nitrogens is 1. The predicted octanol–water partition coefficient (Wildman–Crippen LogP) is 3.29. The zero-order valence-electron chi connectivity index (χ0n) is 9.29. The van der Waals surface area contributed by atoms with E-state index in [1.807, 2.05) is 12.1 Å². The second kappa shape index (κ2) is 4.18. The Morgan fingerprint density at radius 2 is 2.06 bits per heavy atom. The number of nitrogens with zero attached hydrogens (tertiary/aromatic N) is 1. The van der Waals surface area contributed by atoms with Crippen molar-refractivity contribution in [3.05, 3.63) is 29.4 Å². The maximum atomic E-state index is 6.18. The fraction of sp³-hybridized carbons (Fsp3) is 0.250. The number of nitrogen functional groups attached to an aromatic ring is 1. The molecular formula is C12H14ClN3. The van der Waals surface area contributed by atoms with Crippen LogP contribution in [0.1, 0.15) is 13.8 Å². The highest BCUT2D eigenvalue weighted by Gasteiger charge is 2.09. The highest BCUT2D eigenvalue weighted by atomic mass is 35.5. The van der Waals surface area contributed by atoms with Crippen molar-refractivity contribution in [1.29, 1.82) is 0 Å². The third kappa shape index (κ3) is 1.91. The van der Waals surface area contributed by atoms with Gasteiger partial charge in [0.2, 0.25) is 0 Å². The molecule has 1 aromatic carbocycles. The van der Waals surface area contributed by atoms with Crippen LogP contribution in [-0.4, -0.2) is 11.0 Å². The van der Waals surface area contributed by atoms with Gasteiger partial charge in [0.1, 0.15) is 5.82 Å². The smallest absolute Gasteiger partial charge is 0.135 e. The minimum absolute atomic E-state index is 0.301. The van der Waals surface area contributed by atoms with E-state index >= 15 is 0 Å². The Hall–Kier alpha value is -1.48. The SMILES string of the molecule is CC(C)Nc1nccc2c(N)ccc(Cl)c12. The number of halogens is 1. The minimum Gasteiger partial charge on any atom is -0.398 e. The molecule has 0 amide bonds. The monoisotopic (exact) mass is 235 g/mol. The minimum atomic E-state index is 0.301. The largest absolute Gasteiger partial charge is 0.398 e. The van der Waals surface area contributed by atoms with Crippen LogP contribution in [0.4, 0.5) is 11.5 Å². The first-order valence-electron chi connectivity index (χ1n) is 5.19. The molecule has 0 saturated heterocycles. The lowest BCUT2D eigenvalue weighted by Crippen LogP contribution is -2.11. The second-order valence-corrected chi connectivity index (χ2v) is 4.42. The van der Waals surface area contributed by atoms with E-state index in [0.717, 1.165) is 16.6 Å². The molecule has 0 fully saturated rings. The van der Waals surface area contributed by atoms with E-state index in [1.54, 1.807) is 12.3 Å². The number of fused-ring (bicyclic) bond motifs is 1. The molecule has 0 unspecified atom stereocenters. The summed E-state index contributed by atoms with van der Waals surface area (Å²) in [5.74, 6) is 0.782. The summed E-state index contributed by atoms with van der Waals surface area (Å²) < 4.78 is 0. The normalized spacial score (nSPS) is 11.0. The van der Waals surface area contributed by atoms with Gasteiger partial charge in [-0.3, -0.25) is 0 Å². The van der Waals surface area contributed by atoms with Crippen molar-refractivity contribution >= 4 is 33.9 Å². The fourth-order valence-corrected chi connectivity index (χ4v) is 1.92. The average Bonchev–Trinajstić information content (AvgIpc) is 2.23. The van der Waals surface area contributed by atoms with Gasteiger partial charge in [0, 0.05) is 28.7 Å². The Bertz CT molecular complexity index is 523. The van der Waals surface area contributed by atoms with Crippen LogP contribution in [0, 0.1) is 0 Å². The van der Waals surface area contributed by atoms with Crippen molar-refractivity contribution in [2.75, 3.05) is 11.1 Å². The number of benzene rings is 1. The molecule has 0 radical (unpaired) electrons. The van der Waals surface area contributed by atoms with E-state index in [9.17, 15) is 0 Å². The van der Waals surface area contributed by atoms with Crippen molar-refractivity contribution in [3.63, 3.8) is 0 Å². The van der Waals surface area contributed by atoms with Crippen LogP contribution < -0.4 is 11.1 Å². The van der Waals surface area contributed by atoms with E-state index in [1.165, 1.54) is 0 Å². The predicted molar refractivity (Wildman–Crippen MR) is 69.9 cm³/mol. The van der Waals surface area contributed by atoms with Gasteiger partial charge in [0.05, 0.1) is 5.02 Å². The standard InChI is InChI=1S/C12H14ClN3/c1-7(2)16-12-11-8(5-6-15-12)10(14)4-3-9(11)13/h3-7H,14H2,1-2H3,(H,15,16). The molecule has 4 heteroatoms. The number of hydrogen-bond donors (Lipinski definition) is 2. The summed E-state index contributed by atoms with van der Waals surface area (Å²) in [7, 11) is 0. The number of nitrogens with one attached hydrogen (secondary N) is 1. The van der Waals surface area contributed by atoms with Crippen molar-refractivity contribution < 1.29 is 0 Å². The summed E-state index contributed by atoms with van der Waals surface area (Å²) in [5, 5.41) is 5.75. The third-order valence-electron chi connectivity index (χ3n) is 2.34. The molecule has 16 heavy (non-hydrogen) atoms. The van der Waals surface area contributed by atoms with E-state index in [-0.39, 0.29) is 0 Å². The van der Waals surface area contributed by atoms with Crippen LogP contribution in [0.2, 0.25) is 5.02 Å². The molecule has 0 aliphatic heterocycles. The lowest BCUT2D eigenvalue weighted by Gasteiger charge is -2.13. The molecule has 0 saturated carbocycles. The van der Waals surface area contributed by atoms with Crippen molar-refractivity contribution in [2.24, 2.45) is 0 Å². The van der Waals surface area contributed by atoms with Crippen LogP contribution in [-0.2, 0) is 0 Å². The maximum absolute atomic E-state index is 6.18. The summed E-state index contributed by atoms with van der Waals surface area (Å²) in [6.45, 7) is 4.11. The Morgan fingerprint density at radius 3 is 2.75 bits per heavy atom. The lowest BCUT2D eigenvalue weighted by atomic mass is 10.1. The Balaban J connectivity index is 2.71. The molecule has 84 valence electrons. The van der Waals surface area contributed by atoms with Gasteiger partial charge in [0.15, 0.2) is 0 Å². The van der Waals surface area contributed by atoms with Gasteiger partial charge in [-0.25, -0.2) is 4.98 Å². The number of pyridine rings is 1. The van der Waals surface area contributed by atoms with Gasteiger partial charge in [-0.15, -0.1) is 0 Å². The lowest BCUT2D eigenvalue weighted by molar-refractivity contribution is 0.892. The van der Waals surface area contributed by atoms with Crippen LogP contribution in [0.5, 0.6) is 0 Å². The number of nitrogens with two attached hydrogens (primary N) is 1. The first-order valence-corrected chi connectivity index (χ1v) is 5.56. The highest BCUT2D eigenvalue weighted by Crippen LogP contribution is 2.32. The summed E-state index contributed by atoms with van der Waals surface area (Å²) in [6, 6.07) is 5.79. The first-order chi connectivity index (χ1) is 7.59. The van der Waals surface area contributed by atoms with Crippen LogP contribution in [0.25, 0.3) is 10.8 Å². The molecule has 0 bridgehead atoms. The molecule has 0 atom stereocenters. The third-order valence-corrected chi connectivity index (χ3v) is 2.65. The zero-order valence-corrected chi connectivity index (χ0v) is 10.0. The summed E-state index contributed by atoms with van der Waals surface area (Å²) in [6.07, 6.45) is 1.74. The van der Waals surface area contributed by atoms with Crippen LogP contribution in [0.3, 0.4) is 0 Å². The van der Waals surface area contributed by atoms with E-state index in [0.29, 0.717) is 16.8 Å². The molecule has 0 spiro atoms. The molecule has 0 aliphatic rings. The average molecular weight is 236 g/mol. The van der Waals surface area contributed by atoms with E-state index in [2.05, 4.69) is 24.1 Å². The quantitative estimate of drug-likeness (QED) is 0.786. The van der Waals surface area contributed by atoms with E-state index < -0.39 is 0 Å². The van der Waals surface area contributed by atoms with Gasteiger partial charge in [-0.1, -0.05) is 11.6 Å². The summed E-state index contributed by atoms with van der Waals surface area (Å²) in [5.41, 5.74) is 6.63. The molecule has 1 heterocycles. The topological polar surface area (TPSA) is 50.9 Å². The molecule has 3 nitrogen and oxygen atoms in total. The van der Waals surface area contributed by atoms with E-state index in [4.69, 9.17) is 17.3 Å². The molecule has 0 aliphatic carbocycles. The van der Waals surface area contributed by atoms with Gasteiger partial charge >= 0.3 is 0 Å². The molecule has 2 rings (SSSR count). The Labute approximate surface area is 99.6 Å². The Morgan fingerprint density at radius 1 is 1.31 bits per heavy atom. The molecule has 1 aromatic heterocycles. The van der Waals surface area contributed by atoms with Gasteiger partial charge in [-0.2, -0.15) is 0 Å². The van der Waals surface area contributed by atoms with Gasteiger partial charge in [-0.05, 0) is 32.0 Å². The number of hydrogen-bond acceptors (Lipinski definition) is 3. The Kier molecular flexibility index (Phi) is 2.88.